The Morgan fingerprint density at radius 1 is 1.19 bits per heavy atom. The molecule has 1 fully saturated rings. The van der Waals surface area contributed by atoms with Crippen molar-refractivity contribution in [1.29, 1.82) is 0 Å². The molecule has 0 amide bonds. The Balaban J connectivity index is 2.05. The molecule has 0 radical (unpaired) electrons. The fourth-order valence-corrected chi connectivity index (χ4v) is 5.06. The first-order chi connectivity index (χ1) is 10.0. The van der Waals surface area contributed by atoms with Gasteiger partial charge in [0.15, 0.2) is 9.84 Å². The fraction of sp³-hybridized carbons (Fsp3) is 0.647. The van der Waals surface area contributed by atoms with Gasteiger partial charge in [0.2, 0.25) is 0 Å². The third-order valence-corrected chi connectivity index (χ3v) is 6.31. The molecule has 2 rings (SSSR count). The van der Waals surface area contributed by atoms with Gasteiger partial charge in [0.25, 0.3) is 0 Å². The minimum absolute atomic E-state index is 0.305. The smallest absolute Gasteiger partial charge is 0.150 e. The van der Waals surface area contributed by atoms with Crippen LogP contribution in [0.5, 0.6) is 0 Å². The highest BCUT2D eigenvalue weighted by Crippen LogP contribution is 2.28. The van der Waals surface area contributed by atoms with E-state index in [-0.39, 0.29) is 0 Å². The summed E-state index contributed by atoms with van der Waals surface area (Å²) in [6.45, 7) is 6.10. The molecule has 1 heterocycles. The zero-order valence-electron chi connectivity index (χ0n) is 13.1. The lowest BCUT2D eigenvalue weighted by molar-refractivity contribution is 0.346. The van der Waals surface area contributed by atoms with Crippen molar-refractivity contribution in [3.63, 3.8) is 0 Å². The maximum Gasteiger partial charge on any atom is 0.150 e. The average molecular weight is 309 g/mol. The molecule has 118 valence electrons. The van der Waals surface area contributed by atoms with Crippen molar-refractivity contribution in [3.8, 4) is 0 Å². The molecule has 1 aromatic carbocycles. The molecular weight excluding hydrogens is 282 g/mol. The Morgan fingerprint density at radius 2 is 1.86 bits per heavy atom. The second kappa shape index (κ2) is 7.41. The zero-order valence-corrected chi connectivity index (χ0v) is 14.0. The van der Waals surface area contributed by atoms with E-state index in [4.69, 9.17) is 0 Å². The van der Waals surface area contributed by atoms with Crippen LogP contribution in [0.4, 0.5) is 0 Å². The van der Waals surface area contributed by atoms with Crippen molar-refractivity contribution in [2.24, 2.45) is 11.8 Å². The van der Waals surface area contributed by atoms with Gasteiger partial charge in [-0.25, -0.2) is 8.42 Å². The average Bonchev–Trinajstić information content (AvgIpc) is 2.84. The quantitative estimate of drug-likeness (QED) is 0.841. The van der Waals surface area contributed by atoms with Gasteiger partial charge in [0.1, 0.15) is 0 Å². The highest BCUT2D eigenvalue weighted by atomic mass is 32.2. The summed E-state index contributed by atoms with van der Waals surface area (Å²) in [5, 5.41) is 3.40. The van der Waals surface area contributed by atoms with Gasteiger partial charge in [-0.1, -0.05) is 38.1 Å². The topological polar surface area (TPSA) is 46.2 Å². The van der Waals surface area contributed by atoms with Crippen molar-refractivity contribution < 1.29 is 8.42 Å². The maximum atomic E-state index is 11.7. The number of hydrogen-bond donors (Lipinski definition) is 1. The van der Waals surface area contributed by atoms with Crippen LogP contribution in [-0.2, 0) is 22.7 Å². The molecule has 0 aromatic heterocycles. The molecule has 0 aliphatic carbocycles. The Hall–Kier alpha value is -0.870. The second-order valence-electron chi connectivity index (χ2n) is 6.11. The van der Waals surface area contributed by atoms with E-state index in [1.807, 2.05) is 0 Å². The fourth-order valence-electron chi connectivity index (χ4n) is 3.14. The zero-order chi connectivity index (χ0) is 15.3. The minimum atomic E-state index is -2.80. The van der Waals surface area contributed by atoms with Crippen molar-refractivity contribution >= 4 is 9.84 Å². The summed E-state index contributed by atoms with van der Waals surface area (Å²) in [5.41, 5.74) is 2.67. The van der Waals surface area contributed by atoms with Gasteiger partial charge in [0, 0.05) is 0 Å². The monoisotopic (exact) mass is 309 g/mol. The summed E-state index contributed by atoms with van der Waals surface area (Å²) in [6.07, 6.45) is 2.85. The Labute approximate surface area is 129 Å². The highest BCUT2D eigenvalue weighted by molar-refractivity contribution is 7.91. The lowest BCUT2D eigenvalue weighted by Crippen LogP contribution is -2.30. The van der Waals surface area contributed by atoms with Gasteiger partial charge >= 0.3 is 0 Å². The van der Waals surface area contributed by atoms with Crippen LogP contribution in [-0.4, -0.2) is 33.0 Å². The number of sulfone groups is 1. The van der Waals surface area contributed by atoms with E-state index in [0.717, 1.165) is 32.4 Å². The third-order valence-electron chi connectivity index (χ3n) is 4.52. The molecule has 0 spiro atoms. The molecular formula is C17H27NO2S. The van der Waals surface area contributed by atoms with E-state index in [2.05, 4.69) is 43.4 Å². The van der Waals surface area contributed by atoms with E-state index in [0.29, 0.717) is 23.3 Å². The van der Waals surface area contributed by atoms with E-state index in [1.165, 1.54) is 11.1 Å². The SMILES string of the molecule is CCNCC(Cc1ccc(CC)cc1)C1CCS(=O)(=O)C1. The minimum Gasteiger partial charge on any atom is -0.317 e. The van der Waals surface area contributed by atoms with Crippen molar-refractivity contribution in [3.05, 3.63) is 35.4 Å². The molecule has 2 atom stereocenters. The van der Waals surface area contributed by atoms with Crippen LogP contribution in [0.1, 0.15) is 31.4 Å². The molecule has 2 unspecified atom stereocenters. The van der Waals surface area contributed by atoms with E-state index in [1.54, 1.807) is 0 Å². The first-order valence-corrected chi connectivity index (χ1v) is 9.85. The summed E-state index contributed by atoms with van der Waals surface area (Å²) in [4.78, 5) is 0. The van der Waals surface area contributed by atoms with Crippen LogP contribution < -0.4 is 5.32 Å². The molecule has 1 aliphatic heterocycles. The lowest BCUT2D eigenvalue weighted by Gasteiger charge is -2.23. The summed E-state index contributed by atoms with van der Waals surface area (Å²) in [7, 11) is -2.80. The standard InChI is InChI=1S/C17H27NO2S/c1-3-14-5-7-15(8-6-14)11-17(12-18-4-2)16-9-10-21(19,20)13-16/h5-8,16-18H,3-4,9-13H2,1-2H3. The predicted octanol–water partition coefficient (Wildman–Crippen LogP) is 2.45. The Morgan fingerprint density at radius 3 is 2.38 bits per heavy atom. The van der Waals surface area contributed by atoms with Crippen molar-refractivity contribution in [1.82, 2.24) is 5.32 Å². The third kappa shape index (κ3) is 4.82. The van der Waals surface area contributed by atoms with Gasteiger partial charge in [-0.05, 0) is 55.3 Å². The van der Waals surface area contributed by atoms with Gasteiger partial charge in [-0.2, -0.15) is 0 Å². The van der Waals surface area contributed by atoms with E-state index >= 15 is 0 Å². The normalized spacial score (nSPS) is 22.3. The predicted molar refractivity (Wildman–Crippen MR) is 88.3 cm³/mol. The van der Waals surface area contributed by atoms with E-state index in [9.17, 15) is 8.42 Å². The number of aryl methyl sites for hydroxylation is 1. The summed E-state index contributed by atoms with van der Waals surface area (Å²) in [5.74, 6) is 1.46. The first-order valence-electron chi connectivity index (χ1n) is 8.03. The molecule has 1 N–H and O–H groups in total. The van der Waals surface area contributed by atoms with Crippen LogP contribution in [0.25, 0.3) is 0 Å². The molecule has 0 saturated carbocycles. The van der Waals surface area contributed by atoms with Crippen molar-refractivity contribution in [2.45, 2.75) is 33.1 Å². The van der Waals surface area contributed by atoms with Crippen LogP contribution >= 0.6 is 0 Å². The number of rotatable bonds is 7. The van der Waals surface area contributed by atoms with Crippen LogP contribution in [0.3, 0.4) is 0 Å². The summed E-state index contributed by atoms with van der Waals surface area (Å²) >= 11 is 0. The number of benzene rings is 1. The van der Waals surface area contributed by atoms with Gasteiger partial charge < -0.3 is 5.32 Å². The molecule has 4 heteroatoms. The molecule has 0 bridgehead atoms. The van der Waals surface area contributed by atoms with Crippen molar-refractivity contribution in [2.75, 3.05) is 24.6 Å². The van der Waals surface area contributed by atoms with Gasteiger partial charge in [0.05, 0.1) is 11.5 Å². The van der Waals surface area contributed by atoms with Crippen LogP contribution in [0.2, 0.25) is 0 Å². The lowest BCUT2D eigenvalue weighted by atomic mass is 9.86. The Kier molecular flexibility index (Phi) is 5.82. The highest BCUT2D eigenvalue weighted by Gasteiger charge is 2.33. The number of nitrogens with one attached hydrogen (secondary N) is 1. The van der Waals surface area contributed by atoms with Crippen LogP contribution in [0, 0.1) is 11.8 Å². The maximum absolute atomic E-state index is 11.7. The second-order valence-corrected chi connectivity index (χ2v) is 8.33. The first kappa shape index (κ1) is 16.5. The Bertz CT molecular complexity index is 536. The molecule has 1 aliphatic rings. The van der Waals surface area contributed by atoms with Gasteiger partial charge in [-0.15, -0.1) is 0 Å². The largest absolute Gasteiger partial charge is 0.317 e. The molecule has 3 nitrogen and oxygen atoms in total. The number of hydrogen-bond acceptors (Lipinski definition) is 3. The molecule has 1 saturated heterocycles. The van der Waals surface area contributed by atoms with E-state index < -0.39 is 9.84 Å². The van der Waals surface area contributed by atoms with Gasteiger partial charge in [-0.3, -0.25) is 0 Å². The summed E-state index contributed by atoms with van der Waals surface area (Å²) < 4.78 is 23.5. The molecule has 1 aromatic rings. The van der Waals surface area contributed by atoms with Crippen LogP contribution in [0.15, 0.2) is 24.3 Å². The summed E-state index contributed by atoms with van der Waals surface area (Å²) in [6, 6.07) is 8.76. The molecule has 21 heavy (non-hydrogen) atoms.